The molecule has 0 spiro atoms. The fourth-order valence-electron chi connectivity index (χ4n) is 1.41. The van der Waals surface area contributed by atoms with Crippen molar-refractivity contribution in [3.8, 4) is 0 Å². The zero-order valence-corrected chi connectivity index (χ0v) is 9.07. The Balaban J connectivity index is 2.81. The number of aliphatic hydroxyl groups excluding tert-OH is 1. The lowest BCUT2D eigenvalue weighted by Crippen LogP contribution is -2.62. The van der Waals surface area contributed by atoms with Gasteiger partial charge in [0.2, 0.25) is 11.6 Å². The number of methoxy groups -OCH3 is 2. The molecule has 1 rings (SSSR count). The Morgan fingerprint density at radius 2 is 1.86 bits per heavy atom. The number of hydrogen-bond acceptors (Lipinski definition) is 5. The molecule has 5 heteroatoms. The highest BCUT2D eigenvalue weighted by Gasteiger charge is 2.53. The topological polar surface area (TPSA) is 57.2 Å². The van der Waals surface area contributed by atoms with Crippen molar-refractivity contribution in [2.75, 3.05) is 27.4 Å². The molecule has 1 heterocycles. The third-order valence-corrected chi connectivity index (χ3v) is 2.74. The Morgan fingerprint density at radius 1 is 1.29 bits per heavy atom. The molecule has 0 aromatic carbocycles. The van der Waals surface area contributed by atoms with Crippen molar-refractivity contribution < 1.29 is 24.1 Å². The van der Waals surface area contributed by atoms with E-state index in [4.69, 9.17) is 24.1 Å². The number of ether oxygens (including phenoxy) is 4. The van der Waals surface area contributed by atoms with Crippen LogP contribution in [0.4, 0.5) is 0 Å². The van der Waals surface area contributed by atoms with E-state index in [9.17, 15) is 0 Å². The van der Waals surface area contributed by atoms with Gasteiger partial charge in [-0.25, -0.2) is 0 Å². The first-order valence-corrected chi connectivity index (χ1v) is 4.54. The molecule has 0 amide bonds. The van der Waals surface area contributed by atoms with Crippen LogP contribution in [0.2, 0.25) is 0 Å². The van der Waals surface area contributed by atoms with Gasteiger partial charge in [-0.15, -0.1) is 0 Å². The van der Waals surface area contributed by atoms with Gasteiger partial charge in [-0.2, -0.15) is 0 Å². The summed E-state index contributed by atoms with van der Waals surface area (Å²) in [4.78, 5) is 0. The first kappa shape index (κ1) is 11.9. The maximum Gasteiger partial charge on any atom is 0.220 e. The van der Waals surface area contributed by atoms with E-state index in [1.807, 2.05) is 0 Å². The SMILES string of the molecule is COC1(C)OCC(CO)OC1(C)OC. The summed E-state index contributed by atoms with van der Waals surface area (Å²) in [5, 5.41) is 8.96. The molecule has 14 heavy (non-hydrogen) atoms. The molecule has 1 saturated heterocycles. The van der Waals surface area contributed by atoms with Gasteiger partial charge in [-0.1, -0.05) is 0 Å². The molecule has 1 aliphatic rings. The zero-order chi connectivity index (χ0) is 10.8. The third kappa shape index (κ3) is 1.78. The minimum Gasteiger partial charge on any atom is -0.394 e. The van der Waals surface area contributed by atoms with Crippen LogP contribution in [0.25, 0.3) is 0 Å². The van der Waals surface area contributed by atoms with Gasteiger partial charge in [-0.3, -0.25) is 0 Å². The minimum atomic E-state index is -1.01. The van der Waals surface area contributed by atoms with E-state index in [2.05, 4.69) is 0 Å². The molecule has 3 unspecified atom stereocenters. The van der Waals surface area contributed by atoms with Crippen molar-refractivity contribution in [3.63, 3.8) is 0 Å². The number of rotatable bonds is 3. The molecule has 0 aromatic heterocycles. The maximum absolute atomic E-state index is 8.96. The summed E-state index contributed by atoms with van der Waals surface area (Å²) < 4.78 is 21.5. The van der Waals surface area contributed by atoms with Gasteiger partial charge in [-0.05, 0) is 13.8 Å². The van der Waals surface area contributed by atoms with Gasteiger partial charge in [0.05, 0.1) is 13.2 Å². The lowest BCUT2D eigenvalue weighted by molar-refractivity contribution is -0.432. The van der Waals surface area contributed by atoms with Crippen LogP contribution >= 0.6 is 0 Å². The molecule has 0 saturated carbocycles. The summed E-state index contributed by atoms with van der Waals surface area (Å²) in [5.74, 6) is -1.96. The molecule has 3 atom stereocenters. The number of hydrogen-bond donors (Lipinski definition) is 1. The molecular formula is C9H18O5. The van der Waals surface area contributed by atoms with Crippen LogP contribution in [0, 0.1) is 0 Å². The normalized spacial score (nSPS) is 43.9. The average Bonchev–Trinajstić information content (AvgIpc) is 2.22. The van der Waals surface area contributed by atoms with Crippen LogP contribution in [-0.2, 0) is 18.9 Å². The van der Waals surface area contributed by atoms with E-state index in [-0.39, 0.29) is 12.7 Å². The van der Waals surface area contributed by atoms with Crippen LogP contribution in [-0.4, -0.2) is 50.2 Å². The van der Waals surface area contributed by atoms with Crippen molar-refractivity contribution >= 4 is 0 Å². The summed E-state index contributed by atoms with van der Waals surface area (Å²) >= 11 is 0. The Morgan fingerprint density at radius 3 is 2.29 bits per heavy atom. The standard InChI is InChI=1S/C9H18O5/c1-8(11-3)9(2,12-4)14-7(5-10)6-13-8/h7,10H,5-6H2,1-4H3. The maximum atomic E-state index is 8.96. The van der Waals surface area contributed by atoms with Gasteiger partial charge >= 0.3 is 0 Å². The molecular weight excluding hydrogens is 188 g/mol. The highest BCUT2D eigenvalue weighted by atomic mass is 16.8. The molecule has 84 valence electrons. The summed E-state index contributed by atoms with van der Waals surface area (Å²) in [7, 11) is 3.04. The van der Waals surface area contributed by atoms with Crippen LogP contribution in [0.1, 0.15) is 13.8 Å². The van der Waals surface area contributed by atoms with Crippen LogP contribution in [0.5, 0.6) is 0 Å². The van der Waals surface area contributed by atoms with Crippen molar-refractivity contribution in [3.05, 3.63) is 0 Å². The molecule has 5 nitrogen and oxygen atoms in total. The van der Waals surface area contributed by atoms with Crippen molar-refractivity contribution in [1.29, 1.82) is 0 Å². The molecule has 1 aliphatic heterocycles. The van der Waals surface area contributed by atoms with E-state index in [1.165, 1.54) is 14.2 Å². The van der Waals surface area contributed by atoms with E-state index in [0.29, 0.717) is 6.61 Å². The molecule has 0 bridgehead atoms. The van der Waals surface area contributed by atoms with Gasteiger partial charge < -0.3 is 24.1 Å². The predicted octanol–water partition coefficient (Wildman–Crippen LogP) is 0.119. The Labute approximate surface area is 83.9 Å². The van der Waals surface area contributed by atoms with E-state index >= 15 is 0 Å². The van der Waals surface area contributed by atoms with E-state index < -0.39 is 11.6 Å². The van der Waals surface area contributed by atoms with Crippen LogP contribution in [0.3, 0.4) is 0 Å². The van der Waals surface area contributed by atoms with Crippen LogP contribution in [0.15, 0.2) is 0 Å². The van der Waals surface area contributed by atoms with Gasteiger partial charge in [0.15, 0.2) is 0 Å². The van der Waals surface area contributed by atoms with Gasteiger partial charge in [0.25, 0.3) is 0 Å². The van der Waals surface area contributed by atoms with Gasteiger partial charge in [0, 0.05) is 14.2 Å². The van der Waals surface area contributed by atoms with Gasteiger partial charge in [0.1, 0.15) is 6.10 Å². The summed E-state index contributed by atoms with van der Waals surface area (Å²) in [6.45, 7) is 3.65. The molecule has 1 fully saturated rings. The lowest BCUT2D eigenvalue weighted by atomic mass is 10.1. The van der Waals surface area contributed by atoms with Crippen molar-refractivity contribution in [2.45, 2.75) is 31.5 Å². The minimum absolute atomic E-state index is 0.0985. The van der Waals surface area contributed by atoms with E-state index in [0.717, 1.165) is 0 Å². The second-order valence-corrected chi connectivity index (χ2v) is 3.53. The molecule has 0 radical (unpaired) electrons. The fraction of sp³-hybridized carbons (Fsp3) is 1.00. The van der Waals surface area contributed by atoms with Crippen LogP contribution < -0.4 is 0 Å². The number of aliphatic hydroxyl groups is 1. The highest BCUT2D eigenvalue weighted by molar-refractivity contribution is 4.86. The Bertz CT molecular complexity index is 198. The predicted molar refractivity (Wildman–Crippen MR) is 48.7 cm³/mol. The third-order valence-electron chi connectivity index (χ3n) is 2.74. The van der Waals surface area contributed by atoms with Crippen molar-refractivity contribution in [1.82, 2.24) is 0 Å². The second-order valence-electron chi connectivity index (χ2n) is 3.53. The second kappa shape index (κ2) is 4.12. The lowest BCUT2D eigenvalue weighted by Gasteiger charge is -2.48. The largest absolute Gasteiger partial charge is 0.394 e. The summed E-state index contributed by atoms with van der Waals surface area (Å²) in [6.07, 6.45) is -0.372. The van der Waals surface area contributed by atoms with Crippen molar-refractivity contribution in [2.24, 2.45) is 0 Å². The Hall–Kier alpha value is -0.200. The monoisotopic (exact) mass is 206 g/mol. The quantitative estimate of drug-likeness (QED) is 0.710. The average molecular weight is 206 g/mol. The molecule has 1 N–H and O–H groups in total. The zero-order valence-electron chi connectivity index (χ0n) is 9.07. The molecule has 0 aliphatic carbocycles. The fourth-order valence-corrected chi connectivity index (χ4v) is 1.41. The Kier molecular flexibility index (Phi) is 3.49. The van der Waals surface area contributed by atoms with E-state index in [1.54, 1.807) is 13.8 Å². The molecule has 0 aromatic rings. The first-order valence-electron chi connectivity index (χ1n) is 4.54. The summed E-state index contributed by atoms with van der Waals surface area (Å²) in [6, 6.07) is 0. The summed E-state index contributed by atoms with van der Waals surface area (Å²) in [5.41, 5.74) is 0. The first-order chi connectivity index (χ1) is 6.51. The highest BCUT2D eigenvalue weighted by Crippen LogP contribution is 2.36. The smallest absolute Gasteiger partial charge is 0.220 e.